The second-order valence-corrected chi connectivity index (χ2v) is 5.77. The lowest BCUT2D eigenvalue weighted by atomic mass is 10.1. The Labute approximate surface area is 148 Å². The zero-order valence-corrected chi connectivity index (χ0v) is 14.6. The molecule has 0 atom stereocenters. The number of ether oxygens (including phenoxy) is 1. The number of carbonyl (C=O) groups excluding carboxylic acids is 2. The van der Waals surface area contributed by atoms with Crippen LogP contribution in [0.1, 0.15) is 31.2 Å². The summed E-state index contributed by atoms with van der Waals surface area (Å²) in [4.78, 5) is 23.0. The van der Waals surface area contributed by atoms with Crippen molar-refractivity contribution in [2.24, 2.45) is 5.73 Å². The van der Waals surface area contributed by atoms with E-state index in [0.717, 1.165) is 24.8 Å². The van der Waals surface area contributed by atoms with Gasteiger partial charge in [-0.15, -0.1) is 12.4 Å². The van der Waals surface area contributed by atoms with E-state index in [9.17, 15) is 9.59 Å². The molecule has 2 rings (SSSR count). The van der Waals surface area contributed by atoms with Crippen LogP contribution in [-0.4, -0.2) is 37.6 Å². The van der Waals surface area contributed by atoms with Gasteiger partial charge in [-0.1, -0.05) is 12.1 Å². The van der Waals surface area contributed by atoms with E-state index in [1.54, 1.807) is 0 Å². The fourth-order valence-corrected chi connectivity index (χ4v) is 2.10. The Morgan fingerprint density at radius 3 is 2.50 bits per heavy atom. The van der Waals surface area contributed by atoms with Crippen LogP contribution in [0.2, 0.25) is 0 Å². The van der Waals surface area contributed by atoms with Gasteiger partial charge in [0.05, 0.1) is 0 Å². The van der Waals surface area contributed by atoms with E-state index in [4.69, 9.17) is 10.5 Å². The van der Waals surface area contributed by atoms with Crippen molar-refractivity contribution in [1.82, 2.24) is 10.6 Å². The predicted molar refractivity (Wildman–Crippen MR) is 95.4 cm³/mol. The van der Waals surface area contributed by atoms with E-state index >= 15 is 0 Å². The Kier molecular flexibility index (Phi) is 9.19. The molecule has 0 heterocycles. The Balaban J connectivity index is 0.00000288. The third-order valence-electron chi connectivity index (χ3n) is 3.58. The number of hydrogen-bond donors (Lipinski definition) is 3. The average molecular weight is 356 g/mol. The number of benzene rings is 1. The van der Waals surface area contributed by atoms with Gasteiger partial charge in [-0.3, -0.25) is 9.59 Å². The molecule has 1 saturated carbocycles. The van der Waals surface area contributed by atoms with Gasteiger partial charge in [-0.05, 0) is 49.9 Å². The number of nitrogens with one attached hydrogen (secondary N) is 2. The first kappa shape index (κ1) is 20.3. The Morgan fingerprint density at radius 2 is 1.88 bits per heavy atom. The molecule has 0 radical (unpaired) electrons. The summed E-state index contributed by atoms with van der Waals surface area (Å²) >= 11 is 0. The molecule has 0 aromatic heterocycles. The molecule has 0 saturated heterocycles. The third-order valence-corrected chi connectivity index (χ3v) is 3.58. The van der Waals surface area contributed by atoms with E-state index in [1.165, 1.54) is 0 Å². The smallest absolute Gasteiger partial charge is 0.258 e. The summed E-state index contributed by atoms with van der Waals surface area (Å²) in [6, 6.07) is 7.93. The first-order valence-corrected chi connectivity index (χ1v) is 8.15. The highest BCUT2D eigenvalue weighted by Crippen LogP contribution is 2.18. The minimum atomic E-state index is -0.0724. The van der Waals surface area contributed by atoms with Gasteiger partial charge < -0.3 is 21.1 Å². The summed E-state index contributed by atoms with van der Waals surface area (Å²) in [5.41, 5.74) is 6.47. The molecular formula is C17H26ClN3O3. The highest BCUT2D eigenvalue weighted by atomic mass is 35.5. The van der Waals surface area contributed by atoms with Crippen LogP contribution in [0.25, 0.3) is 0 Å². The summed E-state index contributed by atoms with van der Waals surface area (Å²) in [6.45, 7) is 1.19. The van der Waals surface area contributed by atoms with Crippen LogP contribution in [0.5, 0.6) is 5.75 Å². The van der Waals surface area contributed by atoms with Crippen LogP contribution in [0.4, 0.5) is 0 Å². The van der Waals surface area contributed by atoms with Crippen molar-refractivity contribution in [3.63, 3.8) is 0 Å². The van der Waals surface area contributed by atoms with Crippen molar-refractivity contribution < 1.29 is 14.3 Å². The number of halogens is 1. The molecular weight excluding hydrogens is 330 g/mol. The highest BCUT2D eigenvalue weighted by Gasteiger charge is 2.23. The second kappa shape index (κ2) is 10.9. The summed E-state index contributed by atoms with van der Waals surface area (Å²) in [5.74, 6) is 0.639. The molecule has 134 valence electrons. The normalized spacial score (nSPS) is 12.9. The summed E-state index contributed by atoms with van der Waals surface area (Å²) in [7, 11) is 0. The van der Waals surface area contributed by atoms with Gasteiger partial charge >= 0.3 is 0 Å². The molecule has 6 nitrogen and oxygen atoms in total. The zero-order valence-electron chi connectivity index (χ0n) is 13.8. The van der Waals surface area contributed by atoms with Crippen molar-refractivity contribution >= 4 is 24.2 Å². The molecule has 0 aliphatic heterocycles. The fraction of sp³-hybridized carbons (Fsp3) is 0.529. The van der Waals surface area contributed by atoms with E-state index < -0.39 is 0 Å². The largest absolute Gasteiger partial charge is 0.484 e. The quantitative estimate of drug-likeness (QED) is 0.587. The van der Waals surface area contributed by atoms with E-state index in [2.05, 4.69) is 10.6 Å². The topological polar surface area (TPSA) is 93.5 Å². The van der Waals surface area contributed by atoms with E-state index in [-0.39, 0.29) is 30.8 Å². The summed E-state index contributed by atoms with van der Waals surface area (Å²) in [5, 5.41) is 5.74. The van der Waals surface area contributed by atoms with E-state index in [1.807, 2.05) is 24.3 Å². The SMILES string of the molecule is Cl.NCCCC(=O)NCCc1ccc(OCC(=O)NC2CC2)cc1. The maximum absolute atomic E-state index is 11.5. The summed E-state index contributed by atoms with van der Waals surface area (Å²) < 4.78 is 5.44. The molecule has 4 N–H and O–H groups in total. The molecule has 0 spiro atoms. The minimum Gasteiger partial charge on any atom is -0.484 e. The van der Waals surface area contributed by atoms with Gasteiger partial charge in [0.25, 0.3) is 5.91 Å². The van der Waals surface area contributed by atoms with Crippen LogP contribution in [0.15, 0.2) is 24.3 Å². The zero-order chi connectivity index (χ0) is 16.5. The summed E-state index contributed by atoms with van der Waals surface area (Å²) in [6.07, 6.45) is 4.10. The first-order valence-electron chi connectivity index (χ1n) is 8.15. The van der Waals surface area contributed by atoms with Gasteiger partial charge in [-0.25, -0.2) is 0 Å². The van der Waals surface area contributed by atoms with Gasteiger partial charge in [0.1, 0.15) is 5.75 Å². The lowest BCUT2D eigenvalue weighted by Crippen LogP contribution is -2.30. The van der Waals surface area contributed by atoms with Crippen LogP contribution in [-0.2, 0) is 16.0 Å². The third kappa shape index (κ3) is 8.17. The number of carbonyl (C=O) groups is 2. The second-order valence-electron chi connectivity index (χ2n) is 5.77. The van der Waals surface area contributed by atoms with Crippen LogP contribution >= 0.6 is 12.4 Å². The van der Waals surface area contributed by atoms with Crippen LogP contribution in [0, 0.1) is 0 Å². The molecule has 1 aromatic carbocycles. The minimum absolute atomic E-state index is 0. The highest BCUT2D eigenvalue weighted by molar-refractivity contribution is 5.85. The molecule has 1 aliphatic rings. The predicted octanol–water partition coefficient (Wildman–Crippen LogP) is 1.16. The lowest BCUT2D eigenvalue weighted by molar-refractivity contribution is -0.123. The number of rotatable bonds is 10. The van der Waals surface area contributed by atoms with Gasteiger partial charge in [0, 0.05) is 19.0 Å². The molecule has 1 aromatic rings. The Morgan fingerprint density at radius 1 is 1.17 bits per heavy atom. The molecule has 0 unspecified atom stereocenters. The first-order chi connectivity index (χ1) is 11.2. The van der Waals surface area contributed by atoms with Gasteiger partial charge in [0.2, 0.25) is 5.91 Å². The van der Waals surface area contributed by atoms with Crippen molar-refractivity contribution in [1.29, 1.82) is 0 Å². The standard InChI is InChI=1S/C17H25N3O3.ClH/c18-10-1-2-16(21)19-11-9-13-3-7-15(8-4-13)23-12-17(22)20-14-5-6-14;/h3-4,7-8,14H,1-2,5-6,9-12,18H2,(H,19,21)(H,20,22);1H. The Bertz CT molecular complexity index is 518. The monoisotopic (exact) mass is 355 g/mol. The van der Waals surface area contributed by atoms with Crippen LogP contribution in [0.3, 0.4) is 0 Å². The molecule has 24 heavy (non-hydrogen) atoms. The Hall–Kier alpha value is -1.79. The number of hydrogen-bond acceptors (Lipinski definition) is 4. The lowest BCUT2D eigenvalue weighted by Gasteiger charge is -2.08. The van der Waals surface area contributed by atoms with Crippen molar-refractivity contribution in [3.05, 3.63) is 29.8 Å². The van der Waals surface area contributed by atoms with E-state index in [0.29, 0.717) is 37.7 Å². The molecule has 1 aliphatic carbocycles. The maximum Gasteiger partial charge on any atom is 0.258 e. The molecule has 1 fully saturated rings. The van der Waals surface area contributed by atoms with Gasteiger partial charge in [-0.2, -0.15) is 0 Å². The van der Waals surface area contributed by atoms with Crippen molar-refractivity contribution in [2.75, 3.05) is 19.7 Å². The average Bonchev–Trinajstić information content (AvgIpc) is 3.36. The van der Waals surface area contributed by atoms with Crippen molar-refractivity contribution in [3.8, 4) is 5.75 Å². The van der Waals surface area contributed by atoms with Crippen molar-refractivity contribution in [2.45, 2.75) is 38.1 Å². The number of amides is 2. The molecule has 7 heteroatoms. The number of nitrogens with two attached hydrogens (primary N) is 1. The fourth-order valence-electron chi connectivity index (χ4n) is 2.10. The molecule has 0 bridgehead atoms. The van der Waals surface area contributed by atoms with Gasteiger partial charge in [0.15, 0.2) is 6.61 Å². The molecule has 2 amide bonds. The van der Waals surface area contributed by atoms with Crippen LogP contribution < -0.4 is 21.1 Å². The maximum atomic E-state index is 11.5.